The Labute approximate surface area is 182 Å². The summed E-state index contributed by atoms with van der Waals surface area (Å²) >= 11 is 0. The van der Waals surface area contributed by atoms with Crippen molar-refractivity contribution in [2.45, 2.75) is 52.6 Å². The van der Waals surface area contributed by atoms with Crippen LogP contribution in [0.4, 0.5) is 10.6 Å². The van der Waals surface area contributed by atoms with Crippen molar-refractivity contribution in [1.29, 1.82) is 0 Å². The van der Waals surface area contributed by atoms with Crippen LogP contribution in [0.1, 0.15) is 45.6 Å². The molecule has 0 fully saturated rings. The molecule has 1 rings (SSSR count). The van der Waals surface area contributed by atoms with Gasteiger partial charge in [-0.15, -0.1) is 0 Å². The van der Waals surface area contributed by atoms with E-state index in [0.717, 1.165) is 5.56 Å². The van der Waals surface area contributed by atoms with Crippen LogP contribution in [0.25, 0.3) is 0 Å². The molecular weight excluding hydrogens is 404 g/mol. The van der Waals surface area contributed by atoms with Crippen molar-refractivity contribution in [3.63, 3.8) is 0 Å². The number of rotatable bonds is 10. The van der Waals surface area contributed by atoms with Crippen molar-refractivity contribution in [3.05, 3.63) is 23.9 Å². The zero-order chi connectivity index (χ0) is 23.4. The van der Waals surface area contributed by atoms with Gasteiger partial charge in [0.25, 0.3) is 0 Å². The van der Waals surface area contributed by atoms with Gasteiger partial charge in [0.15, 0.2) is 0 Å². The van der Waals surface area contributed by atoms with Gasteiger partial charge in [0, 0.05) is 25.7 Å². The first-order valence-corrected chi connectivity index (χ1v) is 10.0. The maximum atomic E-state index is 12.6. The third kappa shape index (κ3) is 11.0. The number of carbonyl (C=O) groups excluding carboxylic acids is 4. The number of pyridine rings is 1. The summed E-state index contributed by atoms with van der Waals surface area (Å²) in [6, 6.07) is 3.59. The number of anilines is 1. The minimum absolute atomic E-state index is 0.0592. The molecule has 0 saturated carbocycles. The number of aryl methyl sites for hydroxylation is 1. The van der Waals surface area contributed by atoms with Gasteiger partial charge >= 0.3 is 12.1 Å². The minimum Gasteiger partial charge on any atom is -0.469 e. The largest absolute Gasteiger partial charge is 0.469 e. The second kappa shape index (κ2) is 12.5. The molecule has 0 unspecified atom stereocenters. The lowest BCUT2D eigenvalue weighted by Crippen LogP contribution is -2.39. The SMILES string of the molecule is COC(=O)CCNC(=O)CNC(=O)CCCN(C(=O)OC(C)(C)C)c1cc(C)ccn1. The van der Waals surface area contributed by atoms with Crippen LogP contribution >= 0.6 is 0 Å². The maximum Gasteiger partial charge on any atom is 0.416 e. The Bertz CT molecular complexity index is 775. The van der Waals surface area contributed by atoms with Gasteiger partial charge in [-0.1, -0.05) is 0 Å². The fourth-order valence-electron chi connectivity index (χ4n) is 2.42. The predicted octanol–water partition coefficient (Wildman–Crippen LogP) is 1.71. The van der Waals surface area contributed by atoms with Crippen LogP contribution in [0.3, 0.4) is 0 Å². The number of nitrogens with one attached hydrogen (secondary N) is 2. The first kappa shape index (κ1) is 25.9. The number of hydrogen-bond donors (Lipinski definition) is 2. The van der Waals surface area contributed by atoms with E-state index in [4.69, 9.17) is 4.74 Å². The molecule has 1 aromatic rings. The number of nitrogens with zero attached hydrogens (tertiary/aromatic N) is 2. The van der Waals surface area contributed by atoms with E-state index in [9.17, 15) is 19.2 Å². The second-order valence-corrected chi connectivity index (χ2v) is 7.88. The lowest BCUT2D eigenvalue weighted by Gasteiger charge is -2.27. The average Bonchev–Trinajstić information content (AvgIpc) is 2.68. The lowest BCUT2D eigenvalue weighted by molar-refractivity contribution is -0.140. The monoisotopic (exact) mass is 436 g/mol. The van der Waals surface area contributed by atoms with Gasteiger partial charge in [-0.3, -0.25) is 19.3 Å². The molecule has 2 N–H and O–H groups in total. The Balaban J connectivity index is 2.51. The zero-order valence-electron chi connectivity index (χ0n) is 18.8. The molecule has 10 nitrogen and oxygen atoms in total. The molecular formula is C21H32N4O6. The van der Waals surface area contributed by atoms with Crippen LogP contribution in [0.2, 0.25) is 0 Å². The molecule has 0 aromatic carbocycles. The standard InChI is InChI=1S/C21H32N4O6/c1-15-8-10-22-16(13-15)25(20(29)31-21(2,3)4)12-6-7-17(26)24-14-18(27)23-11-9-19(28)30-5/h8,10,13H,6-7,9,11-12,14H2,1-5H3,(H,23,27)(H,24,26). The highest BCUT2D eigenvalue weighted by molar-refractivity contribution is 5.87. The summed E-state index contributed by atoms with van der Waals surface area (Å²) < 4.78 is 9.93. The van der Waals surface area contributed by atoms with E-state index in [1.54, 1.807) is 33.0 Å². The molecule has 0 aliphatic heterocycles. The molecule has 0 aliphatic carbocycles. The molecule has 0 atom stereocenters. The summed E-state index contributed by atoms with van der Waals surface area (Å²) in [6.07, 6.45) is 1.58. The normalized spacial score (nSPS) is 10.7. The summed E-state index contributed by atoms with van der Waals surface area (Å²) in [5.41, 5.74) is 0.270. The summed E-state index contributed by atoms with van der Waals surface area (Å²) in [4.78, 5) is 52.9. The Morgan fingerprint density at radius 1 is 1.10 bits per heavy atom. The number of amides is 3. The van der Waals surface area contributed by atoms with Gasteiger partial charge in [-0.25, -0.2) is 9.78 Å². The van der Waals surface area contributed by atoms with Crippen LogP contribution in [0.15, 0.2) is 18.3 Å². The average molecular weight is 437 g/mol. The molecule has 1 aromatic heterocycles. The Morgan fingerprint density at radius 2 is 1.81 bits per heavy atom. The Hall–Kier alpha value is -3.17. The molecule has 3 amide bonds. The van der Waals surface area contributed by atoms with E-state index >= 15 is 0 Å². The van der Waals surface area contributed by atoms with Gasteiger partial charge in [0.2, 0.25) is 11.8 Å². The van der Waals surface area contributed by atoms with Crippen LogP contribution < -0.4 is 15.5 Å². The van der Waals surface area contributed by atoms with Gasteiger partial charge in [-0.2, -0.15) is 0 Å². The lowest BCUT2D eigenvalue weighted by atomic mass is 10.2. The van der Waals surface area contributed by atoms with Crippen molar-refractivity contribution in [2.75, 3.05) is 31.6 Å². The van der Waals surface area contributed by atoms with Gasteiger partial charge < -0.3 is 20.1 Å². The second-order valence-electron chi connectivity index (χ2n) is 7.88. The number of hydrogen-bond acceptors (Lipinski definition) is 7. The molecule has 1 heterocycles. The fraction of sp³-hybridized carbons (Fsp3) is 0.571. The third-order valence-corrected chi connectivity index (χ3v) is 3.90. The fourth-order valence-corrected chi connectivity index (χ4v) is 2.42. The van der Waals surface area contributed by atoms with E-state index < -0.39 is 23.6 Å². The smallest absolute Gasteiger partial charge is 0.416 e. The quantitative estimate of drug-likeness (QED) is 0.535. The van der Waals surface area contributed by atoms with E-state index in [1.165, 1.54) is 12.0 Å². The molecule has 0 radical (unpaired) electrons. The number of aromatic nitrogens is 1. The Kier molecular flexibility index (Phi) is 10.4. The van der Waals surface area contributed by atoms with Gasteiger partial charge in [0.1, 0.15) is 11.4 Å². The van der Waals surface area contributed by atoms with Gasteiger partial charge in [-0.05, 0) is 51.8 Å². The van der Waals surface area contributed by atoms with Crippen LogP contribution in [-0.2, 0) is 23.9 Å². The van der Waals surface area contributed by atoms with Crippen LogP contribution in [0, 0.1) is 6.92 Å². The highest BCUT2D eigenvalue weighted by Crippen LogP contribution is 2.18. The summed E-state index contributed by atoms with van der Waals surface area (Å²) in [7, 11) is 1.27. The minimum atomic E-state index is -0.669. The maximum absolute atomic E-state index is 12.6. The van der Waals surface area contributed by atoms with Gasteiger partial charge in [0.05, 0.1) is 20.1 Å². The summed E-state index contributed by atoms with van der Waals surface area (Å²) in [5, 5.41) is 5.02. The van der Waals surface area contributed by atoms with Crippen molar-refractivity contribution >= 4 is 29.7 Å². The third-order valence-electron chi connectivity index (χ3n) is 3.90. The van der Waals surface area contributed by atoms with Crippen molar-refractivity contribution < 1.29 is 28.7 Å². The Morgan fingerprint density at radius 3 is 2.42 bits per heavy atom. The summed E-state index contributed by atoms with van der Waals surface area (Å²) in [6.45, 7) is 7.38. The van der Waals surface area contributed by atoms with E-state index in [-0.39, 0.29) is 38.4 Å². The van der Waals surface area contributed by atoms with E-state index in [2.05, 4.69) is 20.4 Å². The molecule has 0 spiro atoms. The molecule has 0 bridgehead atoms. The number of ether oxygens (including phenoxy) is 2. The molecule has 31 heavy (non-hydrogen) atoms. The molecule has 0 saturated heterocycles. The summed E-state index contributed by atoms with van der Waals surface area (Å²) in [5.74, 6) is -0.720. The van der Waals surface area contributed by atoms with Crippen molar-refractivity contribution in [3.8, 4) is 0 Å². The highest BCUT2D eigenvalue weighted by Gasteiger charge is 2.24. The van der Waals surface area contributed by atoms with Crippen molar-refractivity contribution in [2.24, 2.45) is 0 Å². The molecule has 10 heteroatoms. The number of methoxy groups -OCH3 is 1. The molecule has 0 aliphatic rings. The van der Waals surface area contributed by atoms with Crippen molar-refractivity contribution in [1.82, 2.24) is 15.6 Å². The molecule has 172 valence electrons. The number of carbonyl (C=O) groups is 4. The topological polar surface area (TPSA) is 127 Å². The van der Waals surface area contributed by atoms with E-state index in [0.29, 0.717) is 12.2 Å². The van der Waals surface area contributed by atoms with Crippen LogP contribution in [-0.4, -0.2) is 61.2 Å². The predicted molar refractivity (Wildman–Crippen MR) is 114 cm³/mol. The van der Waals surface area contributed by atoms with Crippen LogP contribution in [0.5, 0.6) is 0 Å². The van der Waals surface area contributed by atoms with E-state index in [1.807, 2.05) is 13.0 Å². The number of esters is 1. The first-order valence-electron chi connectivity index (χ1n) is 10.0. The highest BCUT2D eigenvalue weighted by atomic mass is 16.6. The first-order chi connectivity index (χ1) is 14.5. The zero-order valence-corrected chi connectivity index (χ0v) is 18.8.